The second-order valence-electron chi connectivity index (χ2n) is 5.28. The molecule has 0 heterocycles. The van der Waals surface area contributed by atoms with E-state index in [0.717, 1.165) is 0 Å². The van der Waals surface area contributed by atoms with E-state index in [1.54, 1.807) is 36.4 Å². The van der Waals surface area contributed by atoms with E-state index in [1.165, 1.54) is 19.4 Å². The van der Waals surface area contributed by atoms with Crippen molar-refractivity contribution in [3.05, 3.63) is 53.1 Å². The Hall–Kier alpha value is -3.06. The third-order valence-corrected chi connectivity index (χ3v) is 3.55. The number of aromatic hydroxyl groups is 1. The molecule has 0 saturated carbocycles. The van der Waals surface area contributed by atoms with Crippen molar-refractivity contribution in [3.63, 3.8) is 0 Å². The molecule has 0 radical (unpaired) electrons. The van der Waals surface area contributed by atoms with E-state index in [9.17, 15) is 14.7 Å². The van der Waals surface area contributed by atoms with Crippen LogP contribution in [0.1, 0.15) is 18.4 Å². The summed E-state index contributed by atoms with van der Waals surface area (Å²) < 4.78 is 5.05. The largest absolute Gasteiger partial charge is 0.507 e. The van der Waals surface area contributed by atoms with Gasteiger partial charge in [-0.05, 0) is 36.4 Å². The zero-order valence-electron chi connectivity index (χ0n) is 14.0. The Morgan fingerprint density at radius 3 is 2.69 bits per heavy atom. The Bertz CT molecular complexity index is 824. The van der Waals surface area contributed by atoms with E-state index in [-0.39, 0.29) is 24.5 Å². The molecule has 0 aliphatic rings. The van der Waals surface area contributed by atoms with E-state index in [2.05, 4.69) is 15.8 Å². The molecule has 0 bridgehead atoms. The van der Waals surface area contributed by atoms with Gasteiger partial charge >= 0.3 is 0 Å². The van der Waals surface area contributed by atoms with Crippen LogP contribution < -0.4 is 15.5 Å². The number of phenolic OH excluding ortho intramolecular Hbond substituents is 1. The summed E-state index contributed by atoms with van der Waals surface area (Å²) in [4.78, 5) is 23.6. The van der Waals surface area contributed by atoms with Crippen LogP contribution in [0.25, 0.3) is 0 Å². The number of carbonyl (C=O) groups is 2. The summed E-state index contributed by atoms with van der Waals surface area (Å²) in [7, 11) is 1.50. The van der Waals surface area contributed by atoms with Crippen molar-refractivity contribution in [2.75, 3.05) is 12.4 Å². The number of phenols is 1. The number of ether oxygens (including phenoxy) is 1. The minimum absolute atomic E-state index is 0.00171. The number of hydrogen-bond acceptors (Lipinski definition) is 5. The molecule has 7 nitrogen and oxygen atoms in total. The molecule has 136 valence electrons. The minimum Gasteiger partial charge on any atom is -0.507 e. The first-order valence-corrected chi connectivity index (χ1v) is 8.10. The van der Waals surface area contributed by atoms with Crippen LogP contribution in [0.3, 0.4) is 0 Å². The van der Waals surface area contributed by atoms with Crippen molar-refractivity contribution in [1.29, 1.82) is 0 Å². The number of halogens is 1. The fourth-order valence-corrected chi connectivity index (χ4v) is 2.20. The number of carbonyl (C=O) groups excluding carboxylic acids is 2. The van der Waals surface area contributed by atoms with E-state index in [4.69, 9.17) is 16.3 Å². The summed E-state index contributed by atoms with van der Waals surface area (Å²) in [5.74, 6) is -0.181. The summed E-state index contributed by atoms with van der Waals surface area (Å²) >= 11 is 5.84. The van der Waals surface area contributed by atoms with Crippen molar-refractivity contribution < 1.29 is 19.4 Å². The van der Waals surface area contributed by atoms with Crippen LogP contribution in [-0.4, -0.2) is 30.2 Å². The fourth-order valence-electron chi connectivity index (χ4n) is 2.01. The van der Waals surface area contributed by atoms with Gasteiger partial charge in [0.15, 0.2) is 0 Å². The van der Waals surface area contributed by atoms with Crippen molar-refractivity contribution in [2.45, 2.75) is 12.8 Å². The predicted molar refractivity (Wildman–Crippen MR) is 99.7 cm³/mol. The lowest BCUT2D eigenvalue weighted by Crippen LogP contribution is -2.20. The predicted octanol–water partition coefficient (Wildman–Crippen LogP) is 2.92. The summed E-state index contributed by atoms with van der Waals surface area (Å²) in [6.07, 6.45) is 1.26. The monoisotopic (exact) mass is 375 g/mol. The Morgan fingerprint density at radius 2 is 1.96 bits per heavy atom. The van der Waals surface area contributed by atoms with Gasteiger partial charge in [-0.1, -0.05) is 17.7 Å². The average molecular weight is 376 g/mol. The zero-order chi connectivity index (χ0) is 18.9. The first-order valence-electron chi connectivity index (χ1n) is 7.72. The average Bonchev–Trinajstić information content (AvgIpc) is 2.61. The van der Waals surface area contributed by atoms with Gasteiger partial charge in [0, 0.05) is 29.1 Å². The lowest BCUT2D eigenvalue weighted by molar-refractivity contribution is -0.124. The standard InChI is InChI=1S/C18H18ClN3O4/c1-26-15-5-6-16(23)12(9-15)11-20-22-18(25)8-7-17(24)21-14-4-2-3-13(19)10-14/h2-6,9-11,23H,7-8H2,1H3,(H,21,24)(H,22,25)/b20-11+. The van der Waals surface area contributed by atoms with Gasteiger partial charge < -0.3 is 15.2 Å². The van der Waals surface area contributed by atoms with Gasteiger partial charge in [-0.25, -0.2) is 5.43 Å². The SMILES string of the molecule is COc1ccc(O)c(/C=N/NC(=O)CCC(=O)Nc2cccc(Cl)c2)c1. The number of nitrogens with one attached hydrogen (secondary N) is 2. The molecule has 2 amide bonds. The van der Waals surface area contributed by atoms with E-state index in [0.29, 0.717) is 22.0 Å². The molecular weight excluding hydrogens is 358 g/mol. The summed E-state index contributed by atoms with van der Waals surface area (Å²) in [6, 6.07) is 11.4. The van der Waals surface area contributed by atoms with Gasteiger partial charge in [0.2, 0.25) is 11.8 Å². The molecule has 3 N–H and O–H groups in total. The van der Waals surface area contributed by atoms with Crippen LogP contribution in [0, 0.1) is 0 Å². The molecule has 0 unspecified atom stereocenters. The second-order valence-corrected chi connectivity index (χ2v) is 5.71. The number of rotatable bonds is 7. The quantitative estimate of drug-likeness (QED) is 0.511. The Balaban J connectivity index is 1.79. The minimum atomic E-state index is -0.426. The summed E-state index contributed by atoms with van der Waals surface area (Å²) in [5.41, 5.74) is 3.26. The van der Waals surface area contributed by atoms with Crippen LogP contribution in [0.2, 0.25) is 5.02 Å². The van der Waals surface area contributed by atoms with Crippen LogP contribution in [0.15, 0.2) is 47.6 Å². The summed E-state index contributed by atoms with van der Waals surface area (Å²) in [5, 5.41) is 16.6. The first kappa shape index (κ1) is 19.3. The maximum atomic E-state index is 11.8. The number of benzene rings is 2. The van der Waals surface area contributed by atoms with Gasteiger partial charge in [0.25, 0.3) is 0 Å². The molecule has 2 rings (SSSR count). The lowest BCUT2D eigenvalue weighted by Gasteiger charge is -2.05. The maximum absolute atomic E-state index is 11.8. The molecule has 0 aliphatic carbocycles. The van der Waals surface area contributed by atoms with Crippen LogP contribution in [0.5, 0.6) is 11.5 Å². The molecule has 26 heavy (non-hydrogen) atoms. The molecule has 8 heteroatoms. The highest BCUT2D eigenvalue weighted by molar-refractivity contribution is 6.30. The Morgan fingerprint density at radius 1 is 1.19 bits per heavy atom. The van der Waals surface area contributed by atoms with Gasteiger partial charge in [-0.2, -0.15) is 5.10 Å². The van der Waals surface area contributed by atoms with Gasteiger partial charge in [0.1, 0.15) is 11.5 Å². The fraction of sp³-hybridized carbons (Fsp3) is 0.167. The van der Waals surface area contributed by atoms with Gasteiger partial charge in [-0.15, -0.1) is 0 Å². The van der Waals surface area contributed by atoms with Gasteiger partial charge in [-0.3, -0.25) is 9.59 Å². The van der Waals surface area contributed by atoms with Crippen LogP contribution in [0.4, 0.5) is 5.69 Å². The number of amides is 2. The number of methoxy groups -OCH3 is 1. The highest BCUT2D eigenvalue weighted by Gasteiger charge is 2.07. The molecular formula is C18H18ClN3O4. The third-order valence-electron chi connectivity index (χ3n) is 3.32. The topological polar surface area (TPSA) is 100 Å². The molecule has 0 fully saturated rings. The van der Waals surface area contributed by atoms with Crippen molar-refractivity contribution >= 4 is 35.3 Å². The van der Waals surface area contributed by atoms with Crippen molar-refractivity contribution in [1.82, 2.24) is 5.43 Å². The molecule has 0 aliphatic heterocycles. The van der Waals surface area contributed by atoms with E-state index in [1.807, 2.05) is 0 Å². The van der Waals surface area contributed by atoms with Gasteiger partial charge in [0.05, 0.1) is 13.3 Å². The number of hydrogen-bond donors (Lipinski definition) is 3. The molecule has 0 spiro atoms. The third kappa shape index (κ3) is 6.10. The maximum Gasteiger partial charge on any atom is 0.240 e. The molecule has 0 aromatic heterocycles. The molecule has 0 atom stereocenters. The van der Waals surface area contributed by atoms with E-state index < -0.39 is 5.91 Å². The highest BCUT2D eigenvalue weighted by Crippen LogP contribution is 2.21. The normalized spacial score (nSPS) is 10.5. The number of nitrogens with zero attached hydrogens (tertiary/aromatic N) is 1. The molecule has 2 aromatic rings. The second kappa shape index (κ2) is 9.43. The molecule has 2 aromatic carbocycles. The highest BCUT2D eigenvalue weighted by atomic mass is 35.5. The zero-order valence-corrected chi connectivity index (χ0v) is 14.8. The Kier molecular flexibility index (Phi) is 6.99. The lowest BCUT2D eigenvalue weighted by atomic mass is 10.2. The van der Waals surface area contributed by atoms with Crippen LogP contribution in [-0.2, 0) is 9.59 Å². The molecule has 0 saturated heterocycles. The first-order chi connectivity index (χ1) is 12.5. The smallest absolute Gasteiger partial charge is 0.240 e. The van der Waals surface area contributed by atoms with Crippen molar-refractivity contribution in [2.24, 2.45) is 5.10 Å². The van der Waals surface area contributed by atoms with E-state index >= 15 is 0 Å². The number of hydrazone groups is 1. The summed E-state index contributed by atoms with van der Waals surface area (Å²) in [6.45, 7) is 0. The Labute approximate surface area is 155 Å². The number of anilines is 1. The van der Waals surface area contributed by atoms with Crippen LogP contribution >= 0.6 is 11.6 Å². The van der Waals surface area contributed by atoms with Crippen molar-refractivity contribution in [3.8, 4) is 11.5 Å².